The third-order valence-corrected chi connectivity index (χ3v) is 5.66. The van der Waals surface area contributed by atoms with Gasteiger partial charge in [-0.1, -0.05) is 17.7 Å². The van der Waals surface area contributed by atoms with Crippen LogP contribution in [0.5, 0.6) is 0 Å². The van der Waals surface area contributed by atoms with Crippen molar-refractivity contribution in [3.63, 3.8) is 0 Å². The Labute approximate surface area is 142 Å². The standard InChI is InChI=1S/C18H24ClFN2O/c1-13(23)22-8-5-15(6-9-22)16-4-7-21(12-16)11-14-2-3-17(19)18(20)10-14/h2-3,10,15-16H,4-9,11-12H2,1H3. The van der Waals surface area contributed by atoms with Crippen molar-refractivity contribution < 1.29 is 9.18 Å². The summed E-state index contributed by atoms with van der Waals surface area (Å²) in [6.07, 6.45) is 3.45. The molecule has 1 unspecified atom stereocenters. The Morgan fingerprint density at radius 1 is 1.22 bits per heavy atom. The Morgan fingerprint density at radius 2 is 1.91 bits per heavy atom. The van der Waals surface area contributed by atoms with Crippen molar-refractivity contribution in [3.8, 4) is 0 Å². The van der Waals surface area contributed by atoms with Crippen LogP contribution >= 0.6 is 11.6 Å². The summed E-state index contributed by atoms with van der Waals surface area (Å²) >= 11 is 5.74. The van der Waals surface area contributed by atoms with Crippen LogP contribution in [0.15, 0.2) is 18.2 Å². The number of halogens is 2. The van der Waals surface area contributed by atoms with Crippen LogP contribution in [0.1, 0.15) is 31.7 Å². The molecule has 23 heavy (non-hydrogen) atoms. The van der Waals surface area contributed by atoms with Crippen molar-refractivity contribution in [1.29, 1.82) is 0 Å². The summed E-state index contributed by atoms with van der Waals surface area (Å²) in [6.45, 7) is 6.40. The van der Waals surface area contributed by atoms with E-state index in [-0.39, 0.29) is 16.7 Å². The molecule has 0 aromatic heterocycles. The third-order valence-electron chi connectivity index (χ3n) is 5.35. The average Bonchev–Trinajstić information content (AvgIpc) is 2.99. The summed E-state index contributed by atoms with van der Waals surface area (Å²) in [6, 6.07) is 5.09. The summed E-state index contributed by atoms with van der Waals surface area (Å²) in [7, 11) is 0. The van der Waals surface area contributed by atoms with Crippen LogP contribution in [0.3, 0.4) is 0 Å². The van der Waals surface area contributed by atoms with E-state index < -0.39 is 0 Å². The van der Waals surface area contributed by atoms with E-state index in [4.69, 9.17) is 11.6 Å². The second-order valence-corrected chi connectivity index (χ2v) is 7.28. The lowest BCUT2D eigenvalue weighted by Gasteiger charge is -2.34. The molecule has 3 nitrogen and oxygen atoms in total. The van der Waals surface area contributed by atoms with E-state index in [9.17, 15) is 9.18 Å². The van der Waals surface area contributed by atoms with Crippen molar-refractivity contribution in [3.05, 3.63) is 34.6 Å². The van der Waals surface area contributed by atoms with Crippen molar-refractivity contribution >= 4 is 17.5 Å². The van der Waals surface area contributed by atoms with Gasteiger partial charge in [0.15, 0.2) is 0 Å². The Hall–Kier alpha value is -1.13. The maximum Gasteiger partial charge on any atom is 0.219 e. The van der Waals surface area contributed by atoms with E-state index in [1.165, 1.54) is 6.42 Å². The van der Waals surface area contributed by atoms with E-state index in [1.807, 2.05) is 11.0 Å². The molecule has 2 fully saturated rings. The van der Waals surface area contributed by atoms with Crippen LogP contribution in [0.25, 0.3) is 0 Å². The SMILES string of the molecule is CC(=O)N1CCC(C2CCN(Cc3ccc(Cl)c(F)c3)C2)CC1. The van der Waals surface area contributed by atoms with Gasteiger partial charge < -0.3 is 4.90 Å². The van der Waals surface area contributed by atoms with Crippen molar-refractivity contribution in [2.75, 3.05) is 26.2 Å². The normalized spacial score (nSPS) is 23.4. The molecule has 1 amide bonds. The molecule has 2 saturated heterocycles. The van der Waals surface area contributed by atoms with Gasteiger partial charge in [0.1, 0.15) is 5.82 Å². The van der Waals surface area contributed by atoms with Gasteiger partial charge in [0.05, 0.1) is 5.02 Å². The number of hydrogen-bond acceptors (Lipinski definition) is 2. The maximum atomic E-state index is 13.5. The van der Waals surface area contributed by atoms with Crippen LogP contribution in [0, 0.1) is 17.7 Å². The van der Waals surface area contributed by atoms with Gasteiger partial charge in [-0.3, -0.25) is 9.69 Å². The molecule has 0 radical (unpaired) electrons. The van der Waals surface area contributed by atoms with Crippen LogP contribution in [-0.4, -0.2) is 41.9 Å². The monoisotopic (exact) mass is 338 g/mol. The van der Waals surface area contributed by atoms with Gasteiger partial charge in [-0.2, -0.15) is 0 Å². The molecule has 2 aliphatic rings. The highest BCUT2D eigenvalue weighted by Crippen LogP contribution is 2.32. The predicted octanol–water partition coefficient (Wildman–Crippen LogP) is 3.56. The molecule has 1 atom stereocenters. The van der Waals surface area contributed by atoms with E-state index in [0.29, 0.717) is 5.92 Å². The topological polar surface area (TPSA) is 23.6 Å². The Bertz CT molecular complexity index is 572. The molecule has 2 heterocycles. The minimum Gasteiger partial charge on any atom is -0.343 e. The number of likely N-dealkylation sites (tertiary alicyclic amines) is 2. The minimum atomic E-state index is -0.337. The quantitative estimate of drug-likeness (QED) is 0.841. The van der Waals surface area contributed by atoms with E-state index in [1.54, 1.807) is 19.1 Å². The first-order valence-electron chi connectivity index (χ1n) is 8.44. The summed E-state index contributed by atoms with van der Waals surface area (Å²) in [5.74, 6) is 1.29. The molecule has 1 aromatic carbocycles. The molecule has 0 N–H and O–H groups in total. The second kappa shape index (κ2) is 7.18. The van der Waals surface area contributed by atoms with Gasteiger partial charge in [-0.05, 0) is 55.3 Å². The van der Waals surface area contributed by atoms with Gasteiger partial charge in [-0.25, -0.2) is 4.39 Å². The first-order valence-corrected chi connectivity index (χ1v) is 8.82. The summed E-state index contributed by atoms with van der Waals surface area (Å²) in [5.41, 5.74) is 0.985. The number of amides is 1. The highest BCUT2D eigenvalue weighted by Gasteiger charge is 2.32. The average molecular weight is 339 g/mol. The predicted molar refractivity (Wildman–Crippen MR) is 89.8 cm³/mol. The van der Waals surface area contributed by atoms with E-state index in [2.05, 4.69) is 4.90 Å². The highest BCUT2D eigenvalue weighted by molar-refractivity contribution is 6.30. The van der Waals surface area contributed by atoms with E-state index >= 15 is 0 Å². The molecule has 1 aromatic rings. The highest BCUT2D eigenvalue weighted by atomic mass is 35.5. The van der Waals surface area contributed by atoms with Crippen LogP contribution < -0.4 is 0 Å². The fourth-order valence-corrected chi connectivity index (χ4v) is 4.09. The molecule has 3 rings (SSSR count). The van der Waals surface area contributed by atoms with E-state index in [0.717, 1.165) is 57.0 Å². The zero-order chi connectivity index (χ0) is 16.4. The summed E-state index contributed by atoms with van der Waals surface area (Å²) in [5, 5.41) is 0.185. The molecule has 0 bridgehead atoms. The molecule has 0 saturated carbocycles. The zero-order valence-corrected chi connectivity index (χ0v) is 14.4. The number of piperidine rings is 1. The molecular formula is C18H24ClFN2O. The van der Waals surface area contributed by atoms with Crippen molar-refractivity contribution in [1.82, 2.24) is 9.80 Å². The first kappa shape index (κ1) is 16.7. The molecule has 0 aliphatic carbocycles. The first-order chi connectivity index (χ1) is 11.0. The van der Waals surface area contributed by atoms with Crippen LogP contribution in [0.4, 0.5) is 4.39 Å². The molecular weight excluding hydrogens is 315 g/mol. The Balaban J connectivity index is 1.51. The summed E-state index contributed by atoms with van der Waals surface area (Å²) < 4.78 is 13.5. The number of carbonyl (C=O) groups excluding carboxylic acids is 1. The van der Waals surface area contributed by atoms with Crippen molar-refractivity contribution in [2.45, 2.75) is 32.7 Å². The lowest BCUT2D eigenvalue weighted by Crippen LogP contribution is -2.39. The fourth-order valence-electron chi connectivity index (χ4n) is 3.97. The Kier molecular flexibility index (Phi) is 5.22. The van der Waals surface area contributed by atoms with Gasteiger partial charge in [0.25, 0.3) is 0 Å². The smallest absolute Gasteiger partial charge is 0.219 e. The lowest BCUT2D eigenvalue weighted by atomic mass is 9.84. The minimum absolute atomic E-state index is 0.185. The van der Waals surface area contributed by atoms with Gasteiger partial charge in [-0.15, -0.1) is 0 Å². The number of benzene rings is 1. The number of nitrogens with zero attached hydrogens (tertiary/aromatic N) is 2. The number of carbonyl (C=O) groups is 1. The van der Waals surface area contributed by atoms with Gasteiger partial charge in [0, 0.05) is 33.1 Å². The van der Waals surface area contributed by atoms with Gasteiger partial charge >= 0.3 is 0 Å². The third kappa shape index (κ3) is 4.04. The van der Waals surface area contributed by atoms with Crippen molar-refractivity contribution in [2.24, 2.45) is 11.8 Å². The van der Waals surface area contributed by atoms with Crippen LogP contribution in [0.2, 0.25) is 5.02 Å². The van der Waals surface area contributed by atoms with Crippen LogP contribution in [-0.2, 0) is 11.3 Å². The second-order valence-electron chi connectivity index (χ2n) is 6.88. The molecule has 0 spiro atoms. The number of rotatable bonds is 3. The fraction of sp³-hybridized carbons (Fsp3) is 0.611. The summed E-state index contributed by atoms with van der Waals surface area (Å²) in [4.78, 5) is 15.8. The Morgan fingerprint density at radius 3 is 2.57 bits per heavy atom. The van der Waals surface area contributed by atoms with Gasteiger partial charge in [0.2, 0.25) is 5.91 Å². The molecule has 2 aliphatic heterocycles. The number of hydrogen-bond donors (Lipinski definition) is 0. The lowest BCUT2D eigenvalue weighted by molar-refractivity contribution is -0.130. The zero-order valence-electron chi connectivity index (χ0n) is 13.6. The maximum absolute atomic E-state index is 13.5. The molecule has 126 valence electrons. The molecule has 5 heteroatoms. The largest absolute Gasteiger partial charge is 0.343 e.